The van der Waals surface area contributed by atoms with E-state index in [0.29, 0.717) is 6.29 Å². The first-order chi connectivity index (χ1) is 3.81. The molecule has 0 amide bonds. The van der Waals surface area contributed by atoms with Gasteiger partial charge < -0.3 is 15.8 Å². The van der Waals surface area contributed by atoms with Crippen LogP contribution in [0.4, 0.5) is 0 Å². The van der Waals surface area contributed by atoms with Crippen molar-refractivity contribution in [3.8, 4) is 0 Å². The van der Waals surface area contributed by atoms with Crippen LogP contribution in [-0.2, 0) is 4.79 Å². The molecule has 0 atom stereocenters. The first kappa shape index (κ1) is 7.10. The standard InChI is InChI=1S/C4H9N3O/c5-3-4(6)7-1-2-8/h2H,1,3,5H2,(H2,6,7). The Morgan fingerprint density at radius 2 is 2.50 bits per heavy atom. The number of hydrogen-bond donors (Lipinski definition) is 3. The second-order valence-electron chi connectivity index (χ2n) is 1.23. The molecule has 0 unspecified atom stereocenters. The number of hydrogen-bond acceptors (Lipinski definition) is 3. The van der Waals surface area contributed by atoms with Gasteiger partial charge in [0.05, 0.1) is 13.1 Å². The molecule has 4 heteroatoms. The largest absolute Gasteiger partial charge is 0.366 e. The van der Waals surface area contributed by atoms with Gasteiger partial charge in [-0.15, -0.1) is 0 Å². The Bertz CT molecular complexity index is 91.3. The van der Waals surface area contributed by atoms with Gasteiger partial charge in [-0.1, -0.05) is 0 Å². The number of nitrogens with two attached hydrogens (primary N) is 1. The van der Waals surface area contributed by atoms with Gasteiger partial charge >= 0.3 is 0 Å². The highest BCUT2D eigenvalue weighted by Gasteiger charge is 1.85. The predicted molar refractivity (Wildman–Crippen MR) is 30.8 cm³/mol. The minimum atomic E-state index is 0.161. The molecule has 0 heterocycles. The highest BCUT2D eigenvalue weighted by Crippen LogP contribution is 1.55. The summed E-state index contributed by atoms with van der Waals surface area (Å²) < 4.78 is 0. The fraction of sp³-hybridized carbons (Fsp3) is 0.500. The summed E-state index contributed by atoms with van der Waals surface area (Å²) in [5.41, 5.74) is 5.01. The zero-order chi connectivity index (χ0) is 6.41. The van der Waals surface area contributed by atoms with Crippen LogP contribution in [0.2, 0.25) is 0 Å². The molecule has 0 aromatic carbocycles. The van der Waals surface area contributed by atoms with Gasteiger partial charge in [0.25, 0.3) is 0 Å². The van der Waals surface area contributed by atoms with Gasteiger partial charge in [-0.3, -0.25) is 5.41 Å². The third-order valence-corrected chi connectivity index (χ3v) is 0.603. The molecule has 8 heavy (non-hydrogen) atoms. The van der Waals surface area contributed by atoms with E-state index in [-0.39, 0.29) is 18.9 Å². The lowest BCUT2D eigenvalue weighted by Gasteiger charge is -1.97. The van der Waals surface area contributed by atoms with Crippen molar-refractivity contribution in [2.24, 2.45) is 5.73 Å². The van der Waals surface area contributed by atoms with Crippen LogP contribution in [0.25, 0.3) is 0 Å². The van der Waals surface area contributed by atoms with E-state index >= 15 is 0 Å². The van der Waals surface area contributed by atoms with Crippen LogP contribution < -0.4 is 11.1 Å². The van der Waals surface area contributed by atoms with Crippen molar-refractivity contribution in [2.75, 3.05) is 13.1 Å². The highest BCUT2D eigenvalue weighted by atomic mass is 16.1. The Hall–Kier alpha value is -0.900. The molecule has 0 fully saturated rings. The zero-order valence-electron chi connectivity index (χ0n) is 4.48. The number of nitrogens with one attached hydrogen (secondary N) is 2. The summed E-state index contributed by atoms with van der Waals surface area (Å²) >= 11 is 0. The van der Waals surface area contributed by atoms with Gasteiger partial charge in [0.15, 0.2) is 0 Å². The molecule has 0 aliphatic rings. The summed E-state index contributed by atoms with van der Waals surface area (Å²) in [6.45, 7) is 0.337. The second-order valence-corrected chi connectivity index (χ2v) is 1.23. The van der Waals surface area contributed by atoms with E-state index in [0.717, 1.165) is 0 Å². The van der Waals surface area contributed by atoms with Crippen molar-refractivity contribution in [3.63, 3.8) is 0 Å². The van der Waals surface area contributed by atoms with Crippen molar-refractivity contribution < 1.29 is 4.79 Å². The highest BCUT2D eigenvalue weighted by molar-refractivity contribution is 5.82. The molecule has 0 rings (SSSR count). The molecule has 0 spiro atoms. The maximum atomic E-state index is 9.63. The SMILES string of the molecule is N=C(CN)NCC=O. The maximum absolute atomic E-state index is 9.63. The maximum Gasteiger partial charge on any atom is 0.139 e. The van der Waals surface area contributed by atoms with Crippen LogP contribution in [0.3, 0.4) is 0 Å². The van der Waals surface area contributed by atoms with Gasteiger partial charge in [-0.2, -0.15) is 0 Å². The van der Waals surface area contributed by atoms with E-state index < -0.39 is 0 Å². The first-order valence-electron chi connectivity index (χ1n) is 2.26. The number of carbonyl (C=O) groups excluding carboxylic acids is 1. The summed E-state index contributed by atoms with van der Waals surface area (Å²) in [7, 11) is 0. The van der Waals surface area contributed by atoms with E-state index in [1.54, 1.807) is 0 Å². The van der Waals surface area contributed by atoms with Crippen molar-refractivity contribution in [2.45, 2.75) is 0 Å². The molecule has 46 valence electrons. The Morgan fingerprint density at radius 3 is 2.88 bits per heavy atom. The minimum Gasteiger partial charge on any atom is -0.366 e. The quantitative estimate of drug-likeness (QED) is 0.243. The van der Waals surface area contributed by atoms with E-state index in [4.69, 9.17) is 11.1 Å². The van der Waals surface area contributed by atoms with Gasteiger partial charge in [0.1, 0.15) is 12.1 Å². The molecule has 0 aromatic heterocycles. The topological polar surface area (TPSA) is 79.0 Å². The van der Waals surface area contributed by atoms with E-state index in [1.807, 2.05) is 0 Å². The molecule has 0 aliphatic carbocycles. The molecule has 0 bridgehead atoms. The van der Waals surface area contributed by atoms with Crippen LogP contribution in [0, 0.1) is 5.41 Å². The number of aldehydes is 1. The average Bonchev–Trinajstić information content (AvgIpc) is 1.83. The van der Waals surface area contributed by atoms with Gasteiger partial charge in [-0.05, 0) is 0 Å². The number of rotatable bonds is 3. The Labute approximate surface area is 47.6 Å². The summed E-state index contributed by atoms with van der Waals surface area (Å²) in [6, 6.07) is 0. The summed E-state index contributed by atoms with van der Waals surface area (Å²) in [5, 5.41) is 9.32. The summed E-state index contributed by atoms with van der Waals surface area (Å²) in [6.07, 6.45) is 0.685. The molecule has 4 N–H and O–H groups in total. The monoisotopic (exact) mass is 115 g/mol. The van der Waals surface area contributed by atoms with Crippen molar-refractivity contribution in [1.29, 1.82) is 5.41 Å². The first-order valence-corrected chi connectivity index (χ1v) is 2.26. The van der Waals surface area contributed by atoms with Crippen LogP contribution in [0.1, 0.15) is 0 Å². The van der Waals surface area contributed by atoms with E-state index in [2.05, 4.69) is 5.32 Å². The number of carbonyl (C=O) groups is 1. The van der Waals surface area contributed by atoms with Crippen LogP contribution >= 0.6 is 0 Å². The average molecular weight is 115 g/mol. The fourth-order valence-corrected chi connectivity index (χ4v) is 0.237. The molecule has 0 saturated carbocycles. The smallest absolute Gasteiger partial charge is 0.139 e. The van der Waals surface area contributed by atoms with Crippen LogP contribution in [0.15, 0.2) is 0 Å². The molecule has 4 nitrogen and oxygen atoms in total. The van der Waals surface area contributed by atoms with Crippen molar-refractivity contribution >= 4 is 12.1 Å². The van der Waals surface area contributed by atoms with E-state index in [9.17, 15) is 4.79 Å². The normalized spacial score (nSPS) is 8.12. The lowest BCUT2D eigenvalue weighted by molar-refractivity contribution is -0.106. The third kappa shape index (κ3) is 3.30. The Morgan fingerprint density at radius 1 is 1.88 bits per heavy atom. The van der Waals surface area contributed by atoms with Gasteiger partial charge in [-0.25, -0.2) is 0 Å². The third-order valence-electron chi connectivity index (χ3n) is 0.603. The van der Waals surface area contributed by atoms with Gasteiger partial charge in [0, 0.05) is 0 Å². The minimum absolute atomic E-state index is 0.161. The Kier molecular flexibility index (Phi) is 3.78. The molecule has 0 radical (unpaired) electrons. The molecule has 0 aromatic rings. The number of amidine groups is 1. The molecule has 0 aliphatic heterocycles. The van der Waals surface area contributed by atoms with Crippen molar-refractivity contribution in [3.05, 3.63) is 0 Å². The summed E-state index contributed by atoms with van der Waals surface area (Å²) in [4.78, 5) is 9.63. The lowest BCUT2D eigenvalue weighted by Crippen LogP contribution is -2.30. The molecule has 0 saturated heterocycles. The van der Waals surface area contributed by atoms with E-state index in [1.165, 1.54) is 0 Å². The second kappa shape index (κ2) is 4.26. The zero-order valence-corrected chi connectivity index (χ0v) is 4.48. The Balaban J connectivity index is 3.11. The summed E-state index contributed by atoms with van der Waals surface area (Å²) in [5.74, 6) is 0.192. The van der Waals surface area contributed by atoms with Crippen molar-refractivity contribution in [1.82, 2.24) is 5.32 Å². The molecular weight excluding hydrogens is 106 g/mol. The predicted octanol–water partition coefficient (Wildman–Crippen LogP) is -1.29. The van der Waals surface area contributed by atoms with Gasteiger partial charge in [0.2, 0.25) is 0 Å². The lowest BCUT2D eigenvalue weighted by atomic mass is 10.5. The van der Waals surface area contributed by atoms with Crippen LogP contribution in [0.5, 0.6) is 0 Å². The molecular formula is C4H9N3O. The fourth-order valence-electron chi connectivity index (χ4n) is 0.237. The van der Waals surface area contributed by atoms with Crippen LogP contribution in [-0.4, -0.2) is 25.2 Å².